The van der Waals surface area contributed by atoms with Gasteiger partial charge in [-0.05, 0) is 128 Å². The summed E-state index contributed by atoms with van der Waals surface area (Å²) in [6.07, 6.45) is 8.63. The summed E-state index contributed by atoms with van der Waals surface area (Å²) < 4.78 is 13.7. The highest BCUT2D eigenvalue weighted by molar-refractivity contribution is 7.16. The largest absolute Gasteiger partial charge is 0.465 e. The quantitative estimate of drug-likeness (QED) is 0.0675. The summed E-state index contributed by atoms with van der Waals surface area (Å²) in [7, 11) is 2.64. The fourth-order valence-corrected chi connectivity index (χ4v) is 11.3. The van der Waals surface area contributed by atoms with E-state index in [0.717, 1.165) is 109 Å². The molecule has 2 aliphatic heterocycles. The first-order valence-corrected chi connectivity index (χ1v) is 23.7. The predicted molar refractivity (Wildman–Crippen MR) is 265 cm³/mol. The van der Waals surface area contributed by atoms with Crippen LogP contribution in [0.25, 0.3) is 22.1 Å². The van der Waals surface area contributed by atoms with Gasteiger partial charge in [0.2, 0.25) is 23.0 Å². The van der Waals surface area contributed by atoms with Crippen molar-refractivity contribution in [2.75, 3.05) is 51.0 Å². The minimum atomic E-state index is -0.509. The van der Waals surface area contributed by atoms with Crippen molar-refractivity contribution in [2.24, 2.45) is 10.8 Å². The number of para-hydroxylation sites is 4. The molecule has 3 N–H and O–H groups in total. The number of carbonyl (C=O) groups excluding carboxylic acids is 6. The maximum absolute atomic E-state index is 12.9. The lowest BCUT2D eigenvalue weighted by molar-refractivity contribution is -0.125. The number of methoxy groups -OCH3 is 2. The standard InChI is InChI=1S/C24H24N4O4S.C21H22N4O3S.C3H3ClO.ClH/c1-3-20(29)27-11-10-24(14-27)12-15(13-24)28-17-7-5-4-6-16(17)25-23(28)26-21(30)18-8-9-19(33-18)22(31)32-2;1-28-19(27)17-7-6-16(29-17)18(26)24-20-23-14-4-2-3-5-15(14)25(20)13-10-21(11-13)8-9-22-12-21;1-2-3(4)5;/h3-9,15H,1,10-14H2,2H3,(H,25,26,30);2-7,13,22H,8-12H2,1H3,(H,23,24,26);2H,1H2;1H. The van der Waals surface area contributed by atoms with E-state index >= 15 is 0 Å². The van der Waals surface area contributed by atoms with Gasteiger partial charge in [0.1, 0.15) is 9.75 Å². The number of halogens is 2. The van der Waals surface area contributed by atoms with Crippen LogP contribution in [0.3, 0.4) is 0 Å². The Morgan fingerprint density at radius 1 is 0.706 bits per heavy atom. The van der Waals surface area contributed by atoms with Crippen LogP contribution in [0, 0.1) is 10.8 Å². The topological polar surface area (TPSA) is 196 Å². The molecule has 6 aromatic rings. The number of likely N-dealkylation sites (tertiary alicyclic amines) is 1. The van der Waals surface area contributed by atoms with Gasteiger partial charge in [-0.25, -0.2) is 19.6 Å². The van der Waals surface area contributed by atoms with Crippen molar-refractivity contribution in [3.05, 3.63) is 118 Å². The Balaban J connectivity index is 0.000000182. The molecule has 356 valence electrons. The number of thiophene rings is 2. The molecule has 20 heteroatoms. The second-order valence-electron chi connectivity index (χ2n) is 17.1. The van der Waals surface area contributed by atoms with Gasteiger partial charge in [-0.2, -0.15) is 0 Å². The van der Waals surface area contributed by atoms with E-state index in [4.69, 9.17) is 21.1 Å². The summed E-state index contributed by atoms with van der Waals surface area (Å²) in [6.45, 7) is 10.3. The minimum absolute atomic E-state index is 0. The molecule has 0 atom stereocenters. The molecule has 10 rings (SSSR count). The van der Waals surface area contributed by atoms with Gasteiger partial charge in [0.25, 0.3) is 11.8 Å². The van der Waals surface area contributed by atoms with Crippen LogP contribution >= 0.6 is 46.7 Å². The molecule has 4 aliphatic rings. The van der Waals surface area contributed by atoms with E-state index in [9.17, 15) is 28.8 Å². The van der Waals surface area contributed by atoms with Gasteiger partial charge in [0, 0.05) is 31.7 Å². The van der Waals surface area contributed by atoms with Crippen LogP contribution in [0.1, 0.15) is 89.3 Å². The highest BCUT2D eigenvalue weighted by Gasteiger charge is 2.51. The number of hydrogen-bond acceptors (Lipinski definition) is 13. The van der Waals surface area contributed by atoms with E-state index in [2.05, 4.69) is 54.3 Å². The summed E-state index contributed by atoms with van der Waals surface area (Å²) >= 11 is 6.91. The summed E-state index contributed by atoms with van der Waals surface area (Å²) in [6, 6.07) is 22.7. The number of imidazole rings is 2. The number of hydrogen-bond donors (Lipinski definition) is 3. The smallest absolute Gasteiger partial charge is 0.348 e. The third-order valence-electron chi connectivity index (χ3n) is 12.9. The third kappa shape index (κ3) is 10.3. The minimum Gasteiger partial charge on any atom is -0.465 e. The van der Waals surface area contributed by atoms with E-state index in [-0.39, 0.29) is 41.6 Å². The fourth-order valence-electron chi connectivity index (χ4n) is 9.65. The molecular weight excluding hydrogens is 952 g/mol. The van der Waals surface area contributed by atoms with Gasteiger partial charge in [0.05, 0.1) is 46.0 Å². The summed E-state index contributed by atoms with van der Waals surface area (Å²) in [4.78, 5) is 83.5. The molecule has 16 nitrogen and oxygen atoms in total. The van der Waals surface area contributed by atoms with Gasteiger partial charge in [-0.15, -0.1) is 35.1 Å². The van der Waals surface area contributed by atoms with E-state index in [1.807, 2.05) is 47.4 Å². The molecule has 0 bridgehead atoms. The van der Waals surface area contributed by atoms with Crippen molar-refractivity contribution in [1.29, 1.82) is 0 Å². The van der Waals surface area contributed by atoms with Crippen LogP contribution in [-0.2, 0) is 19.1 Å². The molecule has 0 radical (unpaired) electrons. The Hall–Kier alpha value is -6.18. The zero-order valence-electron chi connectivity index (χ0n) is 37.3. The molecule has 2 aromatic carbocycles. The number of rotatable bonds is 10. The van der Waals surface area contributed by atoms with Crippen LogP contribution < -0.4 is 16.0 Å². The normalized spacial score (nSPS) is 21.0. The zero-order valence-corrected chi connectivity index (χ0v) is 40.5. The summed E-state index contributed by atoms with van der Waals surface area (Å²) in [5, 5.41) is 8.88. The van der Waals surface area contributed by atoms with E-state index < -0.39 is 17.2 Å². The fraction of sp³-hybridized carbons (Fsp3) is 0.333. The average molecular weight is 1000 g/mol. The first-order valence-electron chi connectivity index (χ1n) is 21.7. The highest BCUT2D eigenvalue weighted by atomic mass is 35.5. The first kappa shape index (κ1) is 49.7. The average Bonchev–Trinajstić information content (AvgIpc) is 4.18. The van der Waals surface area contributed by atoms with Crippen LogP contribution in [0.5, 0.6) is 0 Å². The Labute approximate surface area is 411 Å². The summed E-state index contributed by atoms with van der Waals surface area (Å²) in [5.41, 5.74) is 4.18. The van der Waals surface area contributed by atoms with Gasteiger partial charge >= 0.3 is 11.9 Å². The Bertz CT molecular complexity index is 2900. The van der Waals surface area contributed by atoms with Crippen LogP contribution in [0.15, 0.2) is 98.1 Å². The molecule has 2 saturated carbocycles. The number of benzene rings is 2. The lowest BCUT2D eigenvalue weighted by atomic mass is 9.65. The molecule has 0 unspecified atom stereocenters. The van der Waals surface area contributed by atoms with E-state index in [1.54, 1.807) is 24.3 Å². The number of nitrogens with zero attached hydrogens (tertiary/aromatic N) is 5. The number of ether oxygens (including phenoxy) is 2. The van der Waals surface area contributed by atoms with Gasteiger partial charge in [-0.1, -0.05) is 37.4 Å². The molecule has 68 heavy (non-hydrogen) atoms. The highest BCUT2D eigenvalue weighted by Crippen LogP contribution is 2.56. The number of fused-ring (bicyclic) bond motifs is 2. The monoisotopic (exact) mass is 1000 g/mol. The zero-order chi connectivity index (χ0) is 47.5. The van der Waals surface area contributed by atoms with Crippen LogP contribution in [-0.4, -0.2) is 99.3 Å². The van der Waals surface area contributed by atoms with Crippen molar-refractivity contribution in [1.82, 2.24) is 29.3 Å². The van der Waals surface area contributed by atoms with Gasteiger partial charge < -0.3 is 28.8 Å². The molecule has 2 aliphatic carbocycles. The van der Waals surface area contributed by atoms with Gasteiger partial charge in [0.15, 0.2) is 0 Å². The number of amides is 3. The number of allylic oxidation sites excluding steroid dienone is 1. The van der Waals surface area contributed by atoms with Crippen molar-refractivity contribution in [2.45, 2.75) is 50.6 Å². The third-order valence-corrected chi connectivity index (χ3v) is 15.2. The number of nitrogens with one attached hydrogen (secondary N) is 3. The number of aromatic nitrogens is 4. The molecule has 3 amide bonds. The number of carbonyl (C=O) groups is 6. The SMILES string of the molecule is C=CC(=O)Cl.C=CC(=O)N1CCC2(CC(n3c(NC(=O)c4ccc(C(=O)OC)s4)nc4ccccc43)C2)C1.COC(=O)c1ccc(C(=O)Nc2nc3ccccc3n2C2CC3(CCNC3)C2)s1.Cl. The molecule has 2 spiro atoms. The Kier molecular flexibility index (Phi) is 15.3. The van der Waals surface area contributed by atoms with Crippen molar-refractivity contribution in [3.8, 4) is 0 Å². The van der Waals surface area contributed by atoms with Crippen molar-refractivity contribution >= 4 is 116 Å². The maximum Gasteiger partial charge on any atom is 0.348 e. The first-order chi connectivity index (χ1) is 32.3. The lowest BCUT2D eigenvalue weighted by Crippen LogP contribution is -2.42. The van der Waals surface area contributed by atoms with Crippen LogP contribution in [0.4, 0.5) is 11.9 Å². The van der Waals surface area contributed by atoms with E-state index in [0.29, 0.717) is 42.9 Å². The molecule has 4 aromatic heterocycles. The number of esters is 2. The Morgan fingerprint density at radius 2 is 1.16 bits per heavy atom. The molecule has 6 heterocycles. The molecule has 2 saturated heterocycles. The van der Waals surface area contributed by atoms with Crippen LogP contribution in [0.2, 0.25) is 0 Å². The molecular formula is C48H50Cl2N8O8S2. The second-order valence-corrected chi connectivity index (χ2v) is 19.6. The van der Waals surface area contributed by atoms with Gasteiger partial charge in [-0.3, -0.25) is 29.8 Å². The summed E-state index contributed by atoms with van der Waals surface area (Å²) in [5.74, 6) is -0.444. The molecule has 4 fully saturated rings. The predicted octanol–water partition coefficient (Wildman–Crippen LogP) is 8.69. The maximum atomic E-state index is 12.9. The second kappa shape index (κ2) is 21.0. The van der Waals surface area contributed by atoms with Crippen molar-refractivity contribution < 1.29 is 38.2 Å². The van der Waals surface area contributed by atoms with E-state index in [1.165, 1.54) is 26.7 Å². The number of anilines is 2. The van der Waals surface area contributed by atoms with Crippen molar-refractivity contribution in [3.63, 3.8) is 0 Å². The Morgan fingerprint density at radius 3 is 1.59 bits per heavy atom. The lowest BCUT2D eigenvalue weighted by Gasteiger charge is -2.46.